The van der Waals surface area contributed by atoms with Crippen LogP contribution in [0.4, 0.5) is 0 Å². The highest BCUT2D eigenvalue weighted by molar-refractivity contribution is 9.10. The Morgan fingerprint density at radius 1 is 1.19 bits per heavy atom. The Bertz CT molecular complexity index is 751. The number of sulfonamides is 1. The zero-order valence-corrected chi connectivity index (χ0v) is 13.8. The number of aromatic nitrogens is 1. The van der Waals surface area contributed by atoms with E-state index in [1.807, 2.05) is 6.07 Å². The number of hydrogen-bond acceptors (Lipinski definition) is 4. The van der Waals surface area contributed by atoms with E-state index in [4.69, 9.17) is 0 Å². The summed E-state index contributed by atoms with van der Waals surface area (Å²) in [6.07, 6.45) is 4.14. The van der Waals surface area contributed by atoms with E-state index in [9.17, 15) is 8.42 Å². The van der Waals surface area contributed by atoms with Crippen LogP contribution in [0.2, 0.25) is 0 Å². The predicted octanol–water partition coefficient (Wildman–Crippen LogP) is 1.98. The van der Waals surface area contributed by atoms with Crippen molar-refractivity contribution in [2.45, 2.75) is 11.3 Å². The monoisotopic (exact) mass is 369 g/mol. The van der Waals surface area contributed by atoms with Crippen LogP contribution in [0.1, 0.15) is 6.42 Å². The number of benzene rings is 1. The van der Waals surface area contributed by atoms with E-state index in [-0.39, 0.29) is 0 Å². The van der Waals surface area contributed by atoms with E-state index in [0.29, 0.717) is 34.4 Å². The molecular formula is C14H16BrN3O2S. The summed E-state index contributed by atoms with van der Waals surface area (Å²) < 4.78 is 28.2. The quantitative estimate of drug-likeness (QED) is 0.878. The predicted molar refractivity (Wildman–Crippen MR) is 85.7 cm³/mol. The fraction of sp³-hybridized carbons (Fsp3) is 0.357. The maximum absolute atomic E-state index is 13.0. The number of nitrogens with one attached hydrogen (secondary N) is 1. The number of pyridine rings is 1. The molecule has 21 heavy (non-hydrogen) atoms. The molecule has 0 saturated carbocycles. The van der Waals surface area contributed by atoms with Gasteiger partial charge in [0.05, 0.1) is 4.90 Å². The Balaban J connectivity index is 2.14. The molecule has 2 aromatic rings. The number of fused-ring (bicyclic) bond motifs is 1. The standard InChI is InChI=1S/C14H16BrN3O2S/c15-12-10-17-9-11-3-1-4-13(14(11)12)21(19,20)18-7-2-5-16-6-8-18/h1,3-4,9-10,16H,2,5-8H2. The molecule has 0 atom stereocenters. The molecule has 1 aromatic heterocycles. The van der Waals surface area contributed by atoms with Crippen molar-refractivity contribution in [2.75, 3.05) is 26.2 Å². The summed E-state index contributed by atoms with van der Waals surface area (Å²) in [5.41, 5.74) is 0. The van der Waals surface area contributed by atoms with Crippen LogP contribution in [0.3, 0.4) is 0 Å². The first-order valence-corrected chi connectivity index (χ1v) is 9.07. The van der Waals surface area contributed by atoms with Crippen LogP contribution in [-0.4, -0.2) is 43.9 Å². The minimum atomic E-state index is -3.50. The molecule has 0 aliphatic carbocycles. The van der Waals surface area contributed by atoms with Crippen LogP contribution in [0, 0.1) is 0 Å². The third-order valence-electron chi connectivity index (χ3n) is 3.62. The van der Waals surface area contributed by atoms with Gasteiger partial charge in [0.15, 0.2) is 0 Å². The summed E-state index contributed by atoms with van der Waals surface area (Å²) in [6, 6.07) is 5.30. The molecule has 112 valence electrons. The summed E-state index contributed by atoms with van der Waals surface area (Å²) in [6.45, 7) is 2.59. The molecule has 0 bridgehead atoms. The lowest BCUT2D eigenvalue weighted by atomic mass is 10.2. The maximum Gasteiger partial charge on any atom is 0.243 e. The van der Waals surface area contributed by atoms with Gasteiger partial charge < -0.3 is 5.32 Å². The summed E-state index contributed by atoms with van der Waals surface area (Å²) in [5.74, 6) is 0. The van der Waals surface area contributed by atoms with Gasteiger partial charge >= 0.3 is 0 Å². The Morgan fingerprint density at radius 2 is 2.05 bits per heavy atom. The van der Waals surface area contributed by atoms with Gasteiger partial charge in [0.1, 0.15) is 0 Å². The van der Waals surface area contributed by atoms with E-state index in [1.54, 1.807) is 28.8 Å². The van der Waals surface area contributed by atoms with E-state index >= 15 is 0 Å². The fourth-order valence-corrected chi connectivity index (χ4v) is 4.98. The maximum atomic E-state index is 13.0. The second kappa shape index (κ2) is 6.00. The lowest BCUT2D eigenvalue weighted by molar-refractivity contribution is 0.432. The highest BCUT2D eigenvalue weighted by atomic mass is 79.9. The first-order chi connectivity index (χ1) is 10.1. The minimum Gasteiger partial charge on any atom is -0.315 e. The van der Waals surface area contributed by atoms with Gasteiger partial charge in [-0.15, -0.1) is 0 Å². The van der Waals surface area contributed by atoms with E-state index < -0.39 is 10.0 Å². The number of rotatable bonds is 2. The molecule has 0 amide bonds. The molecule has 1 aliphatic rings. The van der Waals surface area contributed by atoms with Crippen LogP contribution in [0.5, 0.6) is 0 Å². The number of hydrogen-bond donors (Lipinski definition) is 1. The van der Waals surface area contributed by atoms with Gasteiger partial charge in [0, 0.05) is 47.3 Å². The highest BCUT2D eigenvalue weighted by Crippen LogP contribution is 2.31. The van der Waals surface area contributed by atoms with Gasteiger partial charge in [-0.2, -0.15) is 4.31 Å². The number of nitrogens with zero attached hydrogens (tertiary/aromatic N) is 2. The van der Waals surface area contributed by atoms with E-state index in [1.165, 1.54) is 0 Å². The van der Waals surface area contributed by atoms with Gasteiger partial charge in [0.2, 0.25) is 10.0 Å². The third kappa shape index (κ3) is 2.83. The molecule has 0 unspecified atom stereocenters. The van der Waals surface area contributed by atoms with Gasteiger partial charge in [0.25, 0.3) is 0 Å². The lowest BCUT2D eigenvalue weighted by Crippen LogP contribution is -2.34. The average Bonchev–Trinajstić information content (AvgIpc) is 2.76. The lowest BCUT2D eigenvalue weighted by Gasteiger charge is -2.21. The van der Waals surface area contributed by atoms with Crippen molar-refractivity contribution in [2.24, 2.45) is 0 Å². The molecule has 3 rings (SSSR count). The number of halogens is 1. The third-order valence-corrected chi connectivity index (χ3v) is 6.16. The van der Waals surface area contributed by atoms with Crippen molar-refractivity contribution in [3.63, 3.8) is 0 Å². The molecule has 0 spiro atoms. The van der Waals surface area contributed by atoms with Crippen molar-refractivity contribution in [1.82, 2.24) is 14.6 Å². The first-order valence-electron chi connectivity index (χ1n) is 6.84. The molecular weight excluding hydrogens is 354 g/mol. The second-order valence-electron chi connectivity index (χ2n) is 4.98. The highest BCUT2D eigenvalue weighted by Gasteiger charge is 2.27. The Kier molecular flexibility index (Phi) is 4.26. The average molecular weight is 370 g/mol. The van der Waals surface area contributed by atoms with Crippen LogP contribution in [0.15, 0.2) is 40.0 Å². The molecule has 1 aliphatic heterocycles. The summed E-state index contributed by atoms with van der Waals surface area (Å²) >= 11 is 3.42. The van der Waals surface area contributed by atoms with Crippen molar-refractivity contribution in [3.8, 4) is 0 Å². The summed E-state index contributed by atoms with van der Waals surface area (Å²) in [4.78, 5) is 4.44. The molecule has 1 saturated heterocycles. The van der Waals surface area contributed by atoms with Gasteiger partial charge in [-0.1, -0.05) is 12.1 Å². The Labute approximate surface area is 132 Å². The normalized spacial score (nSPS) is 17.8. The molecule has 0 radical (unpaired) electrons. The largest absolute Gasteiger partial charge is 0.315 e. The Hall–Kier alpha value is -1.02. The molecule has 5 nitrogen and oxygen atoms in total. The van der Waals surface area contributed by atoms with E-state index in [0.717, 1.165) is 18.4 Å². The summed E-state index contributed by atoms with van der Waals surface area (Å²) in [7, 11) is -3.50. The van der Waals surface area contributed by atoms with Gasteiger partial charge in [-0.05, 0) is 35.0 Å². The van der Waals surface area contributed by atoms with Crippen LogP contribution < -0.4 is 5.32 Å². The minimum absolute atomic E-state index is 0.344. The molecule has 7 heteroatoms. The Morgan fingerprint density at radius 3 is 2.90 bits per heavy atom. The molecule has 1 fully saturated rings. The first kappa shape index (κ1) is 14.9. The van der Waals surface area contributed by atoms with Crippen LogP contribution in [0.25, 0.3) is 10.8 Å². The van der Waals surface area contributed by atoms with Crippen molar-refractivity contribution < 1.29 is 8.42 Å². The zero-order chi connectivity index (χ0) is 14.9. The van der Waals surface area contributed by atoms with Crippen molar-refractivity contribution in [3.05, 3.63) is 35.1 Å². The topological polar surface area (TPSA) is 62.3 Å². The van der Waals surface area contributed by atoms with Crippen molar-refractivity contribution in [1.29, 1.82) is 0 Å². The fourth-order valence-electron chi connectivity index (χ4n) is 2.57. The molecule has 1 N–H and O–H groups in total. The second-order valence-corrected chi connectivity index (χ2v) is 7.74. The van der Waals surface area contributed by atoms with Crippen molar-refractivity contribution >= 4 is 36.7 Å². The van der Waals surface area contributed by atoms with Crippen LogP contribution in [-0.2, 0) is 10.0 Å². The van der Waals surface area contributed by atoms with Crippen LogP contribution >= 0.6 is 15.9 Å². The SMILES string of the molecule is O=S(=O)(c1cccc2cncc(Br)c12)N1CCCNCC1. The molecule has 2 heterocycles. The van der Waals surface area contributed by atoms with Gasteiger partial charge in [-0.3, -0.25) is 4.98 Å². The van der Waals surface area contributed by atoms with E-state index in [2.05, 4.69) is 26.2 Å². The zero-order valence-electron chi connectivity index (χ0n) is 11.4. The summed E-state index contributed by atoms with van der Waals surface area (Å²) in [5, 5.41) is 4.74. The smallest absolute Gasteiger partial charge is 0.243 e. The van der Waals surface area contributed by atoms with Gasteiger partial charge in [-0.25, -0.2) is 8.42 Å². The molecule has 1 aromatic carbocycles.